The minimum absolute atomic E-state index is 0.619. The molecule has 4 fully saturated rings. The number of hydrogen-bond donors (Lipinski definition) is 1. The number of rotatable bonds is 2. The summed E-state index contributed by atoms with van der Waals surface area (Å²) in [5.41, 5.74) is 0. The molecule has 0 aromatic heterocycles. The fourth-order valence-electron chi connectivity index (χ4n) is 3.37. The molecule has 4 aliphatic rings. The van der Waals surface area contributed by atoms with Gasteiger partial charge in [-0.2, -0.15) is 5.06 Å². The fourth-order valence-corrected chi connectivity index (χ4v) is 3.37. The number of hydrogen-bond acceptors (Lipinski definition) is 3. The number of fused-ring (bicyclic) bond motifs is 1. The Balaban J connectivity index is 1.61. The first-order valence-electron chi connectivity index (χ1n) is 5.99. The highest BCUT2D eigenvalue weighted by Crippen LogP contribution is 2.43. The molecule has 0 spiro atoms. The van der Waals surface area contributed by atoms with E-state index in [0.29, 0.717) is 6.04 Å². The first-order valence-corrected chi connectivity index (χ1v) is 5.99. The summed E-state index contributed by atoms with van der Waals surface area (Å²) in [5, 5.41) is 5.82. The minimum atomic E-state index is 0.619. The molecular weight excluding hydrogens is 176 g/mol. The zero-order valence-electron chi connectivity index (χ0n) is 8.91. The molecule has 3 aliphatic heterocycles. The monoisotopic (exact) mass is 196 g/mol. The normalized spacial score (nSPS) is 44.8. The predicted octanol–water partition coefficient (Wildman–Crippen LogP) is 1.01. The molecule has 0 amide bonds. The smallest absolute Gasteiger partial charge is 0.0685 e. The fraction of sp³-hybridized carbons (Fsp3) is 1.00. The Bertz CT molecular complexity index is 201. The van der Waals surface area contributed by atoms with E-state index in [-0.39, 0.29) is 0 Å². The first kappa shape index (κ1) is 9.13. The summed E-state index contributed by atoms with van der Waals surface area (Å²) < 4.78 is 0. The van der Waals surface area contributed by atoms with Gasteiger partial charge in [0, 0.05) is 18.6 Å². The summed E-state index contributed by atoms with van der Waals surface area (Å²) in [6, 6.07) is 1.41. The molecule has 2 bridgehead atoms. The van der Waals surface area contributed by atoms with Gasteiger partial charge < -0.3 is 5.32 Å². The quantitative estimate of drug-likeness (QED) is 0.713. The van der Waals surface area contributed by atoms with E-state index in [1.54, 1.807) is 0 Å². The van der Waals surface area contributed by atoms with Crippen molar-refractivity contribution >= 4 is 0 Å². The van der Waals surface area contributed by atoms with Crippen LogP contribution in [0.3, 0.4) is 0 Å². The molecule has 4 atom stereocenters. The second-order valence-corrected chi connectivity index (χ2v) is 5.01. The van der Waals surface area contributed by atoms with Crippen LogP contribution in [0.15, 0.2) is 0 Å². The van der Waals surface area contributed by atoms with E-state index in [4.69, 9.17) is 4.84 Å². The van der Waals surface area contributed by atoms with Crippen LogP contribution in [0.1, 0.15) is 26.2 Å². The van der Waals surface area contributed by atoms with Crippen LogP contribution >= 0.6 is 0 Å². The summed E-state index contributed by atoms with van der Waals surface area (Å²) in [6.07, 6.45) is 3.95. The molecule has 1 saturated carbocycles. The van der Waals surface area contributed by atoms with Crippen molar-refractivity contribution in [1.29, 1.82) is 0 Å². The lowest BCUT2D eigenvalue weighted by Crippen LogP contribution is -2.52. The highest BCUT2D eigenvalue weighted by atomic mass is 16.7. The molecule has 3 saturated heterocycles. The molecule has 14 heavy (non-hydrogen) atoms. The van der Waals surface area contributed by atoms with Gasteiger partial charge >= 0.3 is 0 Å². The largest absolute Gasteiger partial charge is 0.313 e. The van der Waals surface area contributed by atoms with Crippen LogP contribution in [0.2, 0.25) is 0 Å². The van der Waals surface area contributed by atoms with Gasteiger partial charge in [-0.05, 0) is 44.6 Å². The topological polar surface area (TPSA) is 24.5 Å². The average Bonchev–Trinajstić information content (AvgIpc) is 2.81. The van der Waals surface area contributed by atoms with E-state index in [1.807, 2.05) is 0 Å². The number of nitrogens with zero attached hydrogens (tertiary/aromatic N) is 1. The highest BCUT2D eigenvalue weighted by Gasteiger charge is 2.50. The van der Waals surface area contributed by atoms with Crippen molar-refractivity contribution in [2.24, 2.45) is 11.8 Å². The SMILES string of the molecule is CC(C1C2CNC1C2)N1CCCCO1. The molecule has 0 radical (unpaired) electrons. The van der Waals surface area contributed by atoms with Gasteiger partial charge in [0.25, 0.3) is 0 Å². The van der Waals surface area contributed by atoms with Gasteiger partial charge in [0.1, 0.15) is 0 Å². The Labute approximate surface area is 85.7 Å². The lowest BCUT2D eigenvalue weighted by molar-refractivity contribution is -0.220. The molecule has 80 valence electrons. The van der Waals surface area contributed by atoms with Crippen LogP contribution in [-0.2, 0) is 4.84 Å². The van der Waals surface area contributed by atoms with Gasteiger partial charge in [0.2, 0.25) is 0 Å². The Hall–Kier alpha value is -0.120. The van der Waals surface area contributed by atoms with Crippen LogP contribution in [-0.4, -0.2) is 36.8 Å². The highest BCUT2D eigenvalue weighted by molar-refractivity contribution is 5.05. The molecular formula is C11H20N2O. The molecule has 4 rings (SSSR count). The third kappa shape index (κ3) is 1.30. The van der Waals surface area contributed by atoms with Gasteiger partial charge in [0.15, 0.2) is 0 Å². The Morgan fingerprint density at radius 2 is 2.36 bits per heavy atom. The van der Waals surface area contributed by atoms with Gasteiger partial charge in [0.05, 0.1) is 6.61 Å². The van der Waals surface area contributed by atoms with Crippen molar-refractivity contribution in [3.8, 4) is 0 Å². The maximum atomic E-state index is 5.73. The van der Waals surface area contributed by atoms with E-state index in [0.717, 1.165) is 31.0 Å². The van der Waals surface area contributed by atoms with E-state index in [2.05, 4.69) is 17.3 Å². The van der Waals surface area contributed by atoms with Crippen molar-refractivity contribution in [1.82, 2.24) is 10.4 Å². The van der Waals surface area contributed by atoms with Gasteiger partial charge in [-0.15, -0.1) is 0 Å². The maximum Gasteiger partial charge on any atom is 0.0685 e. The molecule has 3 heteroatoms. The second kappa shape index (κ2) is 3.47. The molecule has 0 aromatic rings. The van der Waals surface area contributed by atoms with E-state index in [1.165, 1.54) is 25.8 Å². The van der Waals surface area contributed by atoms with Crippen molar-refractivity contribution in [2.45, 2.75) is 38.3 Å². The Kier molecular flexibility index (Phi) is 2.26. The standard InChI is InChI=1S/C11H20N2O/c1-8(13-4-2-3-5-14-13)11-9-6-10(11)12-7-9/h8-12H,2-7H2,1H3. The van der Waals surface area contributed by atoms with Crippen LogP contribution < -0.4 is 5.32 Å². The average molecular weight is 196 g/mol. The van der Waals surface area contributed by atoms with Crippen LogP contribution in [0.25, 0.3) is 0 Å². The van der Waals surface area contributed by atoms with Crippen molar-refractivity contribution in [2.75, 3.05) is 19.7 Å². The van der Waals surface area contributed by atoms with E-state index < -0.39 is 0 Å². The summed E-state index contributed by atoms with van der Waals surface area (Å²) in [5.74, 6) is 1.79. The van der Waals surface area contributed by atoms with Crippen molar-refractivity contribution < 1.29 is 4.84 Å². The molecule has 4 unspecified atom stereocenters. The zero-order chi connectivity index (χ0) is 9.54. The molecule has 3 heterocycles. The van der Waals surface area contributed by atoms with Crippen LogP contribution in [0.5, 0.6) is 0 Å². The molecule has 1 N–H and O–H groups in total. The van der Waals surface area contributed by atoms with Gasteiger partial charge in [-0.25, -0.2) is 0 Å². The van der Waals surface area contributed by atoms with Crippen molar-refractivity contribution in [3.63, 3.8) is 0 Å². The zero-order valence-corrected chi connectivity index (χ0v) is 8.91. The summed E-state index contributed by atoms with van der Waals surface area (Å²) in [4.78, 5) is 5.73. The lowest BCUT2D eigenvalue weighted by atomic mass is 9.70. The number of nitrogens with one attached hydrogen (secondary N) is 1. The minimum Gasteiger partial charge on any atom is -0.313 e. The summed E-state index contributed by atoms with van der Waals surface area (Å²) >= 11 is 0. The second-order valence-electron chi connectivity index (χ2n) is 5.01. The maximum absolute atomic E-state index is 5.73. The molecule has 0 aromatic carbocycles. The van der Waals surface area contributed by atoms with Crippen LogP contribution in [0, 0.1) is 11.8 Å². The predicted molar refractivity (Wildman–Crippen MR) is 54.7 cm³/mol. The van der Waals surface area contributed by atoms with Crippen LogP contribution in [0.4, 0.5) is 0 Å². The van der Waals surface area contributed by atoms with Gasteiger partial charge in [-0.1, -0.05) is 0 Å². The van der Waals surface area contributed by atoms with Gasteiger partial charge in [-0.3, -0.25) is 4.84 Å². The summed E-state index contributed by atoms with van der Waals surface area (Å²) in [7, 11) is 0. The summed E-state index contributed by atoms with van der Waals surface area (Å²) in [6.45, 7) is 5.65. The lowest BCUT2D eigenvalue weighted by Gasteiger charge is -2.44. The Morgan fingerprint density at radius 3 is 2.93 bits per heavy atom. The Morgan fingerprint density at radius 1 is 1.43 bits per heavy atom. The third-order valence-electron chi connectivity index (χ3n) is 4.25. The van der Waals surface area contributed by atoms with Crippen molar-refractivity contribution in [3.05, 3.63) is 0 Å². The first-order chi connectivity index (χ1) is 6.86. The number of hydroxylamine groups is 2. The van der Waals surface area contributed by atoms with E-state index >= 15 is 0 Å². The van der Waals surface area contributed by atoms with E-state index in [9.17, 15) is 0 Å². The third-order valence-corrected chi connectivity index (χ3v) is 4.25. The molecule has 3 nitrogen and oxygen atoms in total. The molecule has 1 aliphatic carbocycles.